The Morgan fingerprint density at radius 2 is 2.00 bits per heavy atom. The van der Waals surface area contributed by atoms with Crippen LogP contribution in [0.4, 0.5) is 11.4 Å². The Kier molecular flexibility index (Phi) is 3.80. The zero-order valence-corrected chi connectivity index (χ0v) is 13.5. The van der Waals surface area contributed by atoms with Gasteiger partial charge in [-0.1, -0.05) is 12.1 Å². The molecular formula is C18H20N4O2. The Hall–Kier alpha value is -2.63. The Bertz CT molecular complexity index is 816. The highest BCUT2D eigenvalue weighted by Crippen LogP contribution is 2.38. The fourth-order valence-electron chi connectivity index (χ4n) is 3.73. The highest BCUT2D eigenvalue weighted by atomic mass is 16.2. The van der Waals surface area contributed by atoms with Crippen molar-refractivity contribution >= 4 is 17.3 Å². The van der Waals surface area contributed by atoms with Gasteiger partial charge in [0.25, 0.3) is 0 Å². The summed E-state index contributed by atoms with van der Waals surface area (Å²) >= 11 is 0. The van der Waals surface area contributed by atoms with E-state index >= 15 is 0 Å². The van der Waals surface area contributed by atoms with E-state index in [9.17, 15) is 9.59 Å². The number of rotatable bonds is 2. The van der Waals surface area contributed by atoms with E-state index in [-0.39, 0.29) is 12.5 Å². The van der Waals surface area contributed by atoms with Gasteiger partial charge in [-0.15, -0.1) is 0 Å². The molecule has 124 valence electrons. The van der Waals surface area contributed by atoms with Crippen molar-refractivity contribution in [2.24, 2.45) is 0 Å². The van der Waals surface area contributed by atoms with Crippen LogP contribution in [0.1, 0.15) is 19.3 Å². The first kappa shape index (κ1) is 14.9. The van der Waals surface area contributed by atoms with Gasteiger partial charge >= 0.3 is 5.69 Å². The number of aromatic nitrogens is 2. The van der Waals surface area contributed by atoms with E-state index in [0.29, 0.717) is 12.6 Å². The average molecular weight is 324 g/mol. The van der Waals surface area contributed by atoms with E-state index in [2.05, 4.69) is 16.0 Å². The molecule has 1 atom stereocenters. The Labute approximate surface area is 140 Å². The summed E-state index contributed by atoms with van der Waals surface area (Å²) < 4.78 is 1.36. The molecule has 6 heteroatoms. The van der Waals surface area contributed by atoms with Gasteiger partial charge in [0.15, 0.2) is 0 Å². The monoisotopic (exact) mass is 324 g/mol. The molecule has 1 aromatic heterocycles. The van der Waals surface area contributed by atoms with Crippen molar-refractivity contribution in [3.05, 3.63) is 53.2 Å². The van der Waals surface area contributed by atoms with Gasteiger partial charge in [-0.2, -0.15) is 0 Å². The molecule has 0 N–H and O–H groups in total. The molecule has 0 bridgehead atoms. The molecule has 1 unspecified atom stereocenters. The number of hydrogen-bond acceptors (Lipinski definition) is 4. The van der Waals surface area contributed by atoms with Crippen LogP contribution in [0.5, 0.6) is 0 Å². The number of amides is 1. The maximum atomic E-state index is 12.9. The van der Waals surface area contributed by atoms with Crippen molar-refractivity contribution in [3.8, 4) is 0 Å². The van der Waals surface area contributed by atoms with Gasteiger partial charge in [-0.3, -0.25) is 9.36 Å². The number of carbonyl (C=O) groups excluding carboxylic acids is 1. The van der Waals surface area contributed by atoms with Crippen molar-refractivity contribution in [1.29, 1.82) is 0 Å². The van der Waals surface area contributed by atoms with E-state index in [1.165, 1.54) is 23.6 Å². The van der Waals surface area contributed by atoms with Crippen LogP contribution in [0.3, 0.4) is 0 Å². The lowest BCUT2D eigenvalue weighted by atomic mass is 9.97. The number of nitrogens with zero attached hydrogens (tertiary/aromatic N) is 4. The van der Waals surface area contributed by atoms with E-state index in [4.69, 9.17) is 0 Å². The average Bonchev–Trinajstić information content (AvgIpc) is 2.63. The molecule has 1 aromatic carbocycles. The third-order valence-electron chi connectivity index (χ3n) is 4.89. The minimum Gasteiger partial charge on any atom is -0.365 e. The number of benzene rings is 1. The zero-order valence-electron chi connectivity index (χ0n) is 13.5. The Balaban J connectivity index is 1.66. The Morgan fingerprint density at radius 3 is 2.83 bits per heavy atom. The lowest BCUT2D eigenvalue weighted by molar-refractivity contribution is -0.119. The highest BCUT2D eigenvalue weighted by Gasteiger charge is 2.34. The highest BCUT2D eigenvalue weighted by molar-refractivity contribution is 5.98. The van der Waals surface area contributed by atoms with Crippen LogP contribution in [0, 0.1) is 0 Å². The second kappa shape index (κ2) is 6.11. The number of hydrogen-bond donors (Lipinski definition) is 0. The van der Waals surface area contributed by atoms with E-state index in [1.807, 2.05) is 23.1 Å². The summed E-state index contributed by atoms with van der Waals surface area (Å²) in [5.74, 6) is -0.0669. The van der Waals surface area contributed by atoms with Crippen LogP contribution in [0.25, 0.3) is 0 Å². The molecule has 1 fully saturated rings. The van der Waals surface area contributed by atoms with Crippen molar-refractivity contribution in [2.45, 2.75) is 31.8 Å². The van der Waals surface area contributed by atoms with Gasteiger partial charge < -0.3 is 9.80 Å². The number of para-hydroxylation sites is 2. The standard InChI is InChI=1S/C18H20N4O2/c23-17(13-20-10-5-9-19-18(20)24)22-12-14-6-3-4-11-21(14)15-7-1-2-8-16(15)22/h1-2,5,7-10,14H,3-4,6,11-13H2. The van der Waals surface area contributed by atoms with Crippen LogP contribution in [0.15, 0.2) is 47.5 Å². The Morgan fingerprint density at radius 1 is 1.17 bits per heavy atom. The predicted octanol–water partition coefficient (Wildman–Crippen LogP) is 1.65. The topological polar surface area (TPSA) is 58.4 Å². The van der Waals surface area contributed by atoms with Crippen LogP contribution in [-0.2, 0) is 11.3 Å². The van der Waals surface area contributed by atoms with Crippen molar-refractivity contribution in [3.63, 3.8) is 0 Å². The van der Waals surface area contributed by atoms with Gasteiger partial charge in [-0.25, -0.2) is 9.78 Å². The molecule has 2 aliphatic rings. The molecule has 6 nitrogen and oxygen atoms in total. The maximum Gasteiger partial charge on any atom is 0.347 e. The summed E-state index contributed by atoms with van der Waals surface area (Å²) in [6, 6.07) is 10.1. The van der Waals surface area contributed by atoms with Crippen LogP contribution in [0.2, 0.25) is 0 Å². The largest absolute Gasteiger partial charge is 0.365 e. The third-order valence-corrected chi connectivity index (χ3v) is 4.89. The minimum absolute atomic E-state index is 0.0216. The van der Waals surface area contributed by atoms with Gasteiger partial charge in [0.1, 0.15) is 6.54 Å². The summed E-state index contributed by atoms with van der Waals surface area (Å²) in [5.41, 5.74) is 1.67. The SMILES string of the molecule is O=C(Cn1cccnc1=O)N1CC2CCCCN2c2ccccc21. The van der Waals surface area contributed by atoms with Crippen molar-refractivity contribution in [1.82, 2.24) is 9.55 Å². The lowest BCUT2D eigenvalue weighted by Crippen LogP contribution is -2.53. The first-order chi connectivity index (χ1) is 11.7. The van der Waals surface area contributed by atoms with Crippen LogP contribution >= 0.6 is 0 Å². The zero-order chi connectivity index (χ0) is 16.5. The van der Waals surface area contributed by atoms with E-state index in [0.717, 1.165) is 24.3 Å². The first-order valence-corrected chi connectivity index (χ1v) is 8.41. The van der Waals surface area contributed by atoms with Gasteiger partial charge in [0, 0.05) is 31.5 Å². The predicted molar refractivity (Wildman–Crippen MR) is 92.3 cm³/mol. The first-order valence-electron chi connectivity index (χ1n) is 8.41. The fraction of sp³-hybridized carbons (Fsp3) is 0.389. The van der Waals surface area contributed by atoms with Gasteiger partial charge in [-0.05, 0) is 37.5 Å². The molecule has 1 amide bonds. The molecule has 0 radical (unpaired) electrons. The molecule has 24 heavy (non-hydrogen) atoms. The molecular weight excluding hydrogens is 304 g/mol. The van der Waals surface area contributed by atoms with Crippen LogP contribution in [-0.4, -0.2) is 34.6 Å². The second-order valence-corrected chi connectivity index (χ2v) is 6.37. The van der Waals surface area contributed by atoms with Crippen molar-refractivity contribution in [2.75, 3.05) is 22.9 Å². The maximum absolute atomic E-state index is 12.9. The molecule has 0 aliphatic carbocycles. The molecule has 3 heterocycles. The number of piperidine rings is 1. The number of anilines is 2. The summed E-state index contributed by atoms with van der Waals surface area (Å²) in [7, 11) is 0. The fourth-order valence-corrected chi connectivity index (χ4v) is 3.73. The normalized spacial score (nSPS) is 19.6. The smallest absolute Gasteiger partial charge is 0.347 e. The molecule has 0 spiro atoms. The van der Waals surface area contributed by atoms with Crippen LogP contribution < -0.4 is 15.5 Å². The number of carbonyl (C=O) groups is 1. The van der Waals surface area contributed by atoms with Gasteiger partial charge in [0.05, 0.1) is 11.4 Å². The van der Waals surface area contributed by atoms with E-state index in [1.54, 1.807) is 12.3 Å². The minimum atomic E-state index is -0.393. The summed E-state index contributed by atoms with van der Waals surface area (Å²) in [5, 5.41) is 0. The third kappa shape index (κ3) is 2.58. The van der Waals surface area contributed by atoms with Crippen molar-refractivity contribution < 1.29 is 4.79 Å². The molecule has 1 saturated heterocycles. The molecule has 4 rings (SSSR count). The second-order valence-electron chi connectivity index (χ2n) is 6.37. The summed E-state index contributed by atoms with van der Waals surface area (Å²) in [6.07, 6.45) is 6.55. The summed E-state index contributed by atoms with van der Waals surface area (Å²) in [4.78, 5) is 32.6. The molecule has 2 aromatic rings. The quantitative estimate of drug-likeness (QED) is 0.843. The molecule has 2 aliphatic heterocycles. The van der Waals surface area contributed by atoms with E-state index < -0.39 is 5.69 Å². The lowest BCUT2D eigenvalue weighted by Gasteiger charge is -2.46. The van der Waals surface area contributed by atoms with Gasteiger partial charge in [0.2, 0.25) is 5.91 Å². The molecule has 0 saturated carbocycles. The summed E-state index contributed by atoms with van der Waals surface area (Å²) in [6.45, 7) is 1.75. The number of fused-ring (bicyclic) bond motifs is 3.